The zero-order valence-corrected chi connectivity index (χ0v) is 13.1. The van der Waals surface area contributed by atoms with Gasteiger partial charge in [-0.25, -0.2) is 0 Å². The van der Waals surface area contributed by atoms with E-state index in [1.165, 1.54) is 0 Å². The fourth-order valence-electron chi connectivity index (χ4n) is 1.62. The highest BCUT2D eigenvalue weighted by Crippen LogP contribution is 2.28. The highest BCUT2D eigenvalue weighted by Gasteiger charge is 2.18. The topological polar surface area (TPSA) is 58.6 Å². The second kappa shape index (κ2) is 6.95. The third kappa shape index (κ3) is 5.02. The summed E-state index contributed by atoms with van der Waals surface area (Å²) in [5, 5.41) is 13.1. The van der Waals surface area contributed by atoms with Crippen LogP contribution in [0.25, 0.3) is 0 Å². The molecule has 4 nitrogen and oxygen atoms in total. The number of halogens is 1. The molecule has 0 saturated heterocycles. The monoisotopic (exact) mass is 299 g/mol. The SMILES string of the molecule is CCC(C)(C)NC(=O)COc1ccc(Cl)cc1[C@H](C)O. The number of amides is 1. The molecule has 1 aromatic carbocycles. The number of rotatable bonds is 6. The quantitative estimate of drug-likeness (QED) is 0.848. The molecule has 1 aromatic rings. The number of carbonyl (C=O) groups is 1. The highest BCUT2D eigenvalue weighted by atomic mass is 35.5. The van der Waals surface area contributed by atoms with Crippen molar-refractivity contribution < 1.29 is 14.6 Å². The predicted octanol–water partition coefficient (Wildman–Crippen LogP) is 3.08. The molecule has 0 bridgehead atoms. The minimum Gasteiger partial charge on any atom is -0.483 e. The molecule has 2 N–H and O–H groups in total. The summed E-state index contributed by atoms with van der Waals surface area (Å²) in [6.45, 7) is 7.44. The predicted molar refractivity (Wildman–Crippen MR) is 80.1 cm³/mol. The van der Waals surface area contributed by atoms with E-state index in [-0.39, 0.29) is 18.1 Å². The fraction of sp³-hybridized carbons (Fsp3) is 0.533. The molecule has 1 amide bonds. The number of hydrogen-bond donors (Lipinski definition) is 2. The van der Waals surface area contributed by atoms with Crippen LogP contribution in [0.15, 0.2) is 18.2 Å². The molecule has 0 fully saturated rings. The molecule has 112 valence electrons. The molecule has 0 aliphatic heterocycles. The van der Waals surface area contributed by atoms with Crippen LogP contribution in [-0.4, -0.2) is 23.2 Å². The van der Waals surface area contributed by atoms with Crippen LogP contribution in [0.2, 0.25) is 5.02 Å². The lowest BCUT2D eigenvalue weighted by atomic mass is 10.0. The van der Waals surface area contributed by atoms with Gasteiger partial charge < -0.3 is 15.2 Å². The van der Waals surface area contributed by atoms with E-state index in [1.54, 1.807) is 25.1 Å². The molecule has 0 unspecified atom stereocenters. The Morgan fingerprint density at radius 1 is 1.50 bits per heavy atom. The molecule has 0 saturated carbocycles. The first-order valence-corrected chi connectivity index (χ1v) is 7.04. The zero-order valence-electron chi connectivity index (χ0n) is 12.4. The van der Waals surface area contributed by atoms with Crippen LogP contribution < -0.4 is 10.1 Å². The van der Waals surface area contributed by atoms with Crippen LogP contribution in [0.3, 0.4) is 0 Å². The van der Waals surface area contributed by atoms with Gasteiger partial charge in [-0.3, -0.25) is 4.79 Å². The first kappa shape index (κ1) is 16.8. The molecule has 0 aliphatic rings. The summed E-state index contributed by atoms with van der Waals surface area (Å²) in [4.78, 5) is 11.8. The fourth-order valence-corrected chi connectivity index (χ4v) is 1.80. The Labute approximate surface area is 125 Å². The Hall–Kier alpha value is -1.26. The summed E-state index contributed by atoms with van der Waals surface area (Å²) >= 11 is 5.88. The molecule has 20 heavy (non-hydrogen) atoms. The Morgan fingerprint density at radius 3 is 2.70 bits per heavy atom. The molecule has 1 rings (SSSR count). The molecule has 0 radical (unpaired) electrons. The van der Waals surface area contributed by atoms with Crippen molar-refractivity contribution in [2.24, 2.45) is 0 Å². The number of hydrogen-bond acceptors (Lipinski definition) is 3. The smallest absolute Gasteiger partial charge is 0.258 e. The highest BCUT2D eigenvalue weighted by molar-refractivity contribution is 6.30. The van der Waals surface area contributed by atoms with Gasteiger partial charge in [0.05, 0.1) is 6.10 Å². The third-order valence-electron chi connectivity index (χ3n) is 3.14. The maximum atomic E-state index is 11.8. The van der Waals surface area contributed by atoms with E-state index < -0.39 is 6.10 Å². The standard InChI is InChI=1S/C15H22ClNO3/c1-5-15(3,4)17-14(19)9-20-13-7-6-11(16)8-12(13)10(2)18/h6-8,10,18H,5,9H2,1-4H3,(H,17,19)/t10-/m0/s1. The minimum atomic E-state index is -0.709. The zero-order chi connectivity index (χ0) is 15.3. The Bertz CT molecular complexity index is 472. The van der Waals surface area contributed by atoms with Crippen LogP contribution in [0.1, 0.15) is 45.8 Å². The van der Waals surface area contributed by atoms with Crippen molar-refractivity contribution in [3.63, 3.8) is 0 Å². The van der Waals surface area contributed by atoms with E-state index in [9.17, 15) is 9.90 Å². The van der Waals surface area contributed by atoms with Gasteiger partial charge >= 0.3 is 0 Å². The molecular formula is C15H22ClNO3. The van der Waals surface area contributed by atoms with Crippen molar-refractivity contribution in [1.82, 2.24) is 5.32 Å². The summed E-state index contributed by atoms with van der Waals surface area (Å²) in [5.41, 5.74) is 0.313. The van der Waals surface area contributed by atoms with E-state index in [0.717, 1.165) is 6.42 Å². The van der Waals surface area contributed by atoms with E-state index in [0.29, 0.717) is 16.3 Å². The molecule has 0 aromatic heterocycles. The van der Waals surface area contributed by atoms with E-state index in [2.05, 4.69) is 5.32 Å². The molecule has 0 heterocycles. The molecule has 5 heteroatoms. The van der Waals surface area contributed by atoms with Gasteiger partial charge in [-0.2, -0.15) is 0 Å². The van der Waals surface area contributed by atoms with E-state index in [1.807, 2.05) is 20.8 Å². The lowest BCUT2D eigenvalue weighted by molar-refractivity contribution is -0.124. The summed E-state index contributed by atoms with van der Waals surface area (Å²) in [7, 11) is 0. The summed E-state index contributed by atoms with van der Waals surface area (Å²) in [5.74, 6) is 0.275. The lowest BCUT2D eigenvalue weighted by Crippen LogP contribution is -2.44. The maximum Gasteiger partial charge on any atom is 0.258 e. The average molecular weight is 300 g/mol. The summed E-state index contributed by atoms with van der Waals surface area (Å²) < 4.78 is 5.47. The third-order valence-corrected chi connectivity index (χ3v) is 3.38. The van der Waals surface area contributed by atoms with Gasteiger partial charge in [0, 0.05) is 16.1 Å². The second-order valence-corrected chi connectivity index (χ2v) is 5.87. The number of aliphatic hydroxyl groups excluding tert-OH is 1. The Morgan fingerprint density at radius 2 is 2.15 bits per heavy atom. The average Bonchev–Trinajstić information content (AvgIpc) is 2.36. The first-order chi connectivity index (χ1) is 9.25. The maximum absolute atomic E-state index is 11.8. The van der Waals surface area contributed by atoms with Crippen molar-refractivity contribution in [2.75, 3.05) is 6.61 Å². The van der Waals surface area contributed by atoms with Crippen LogP contribution in [0.4, 0.5) is 0 Å². The number of carbonyl (C=O) groups excluding carboxylic acids is 1. The van der Waals surface area contributed by atoms with Crippen LogP contribution in [0, 0.1) is 0 Å². The summed E-state index contributed by atoms with van der Waals surface area (Å²) in [6, 6.07) is 4.95. The van der Waals surface area contributed by atoms with Gasteiger partial charge in [-0.05, 0) is 45.4 Å². The van der Waals surface area contributed by atoms with E-state index in [4.69, 9.17) is 16.3 Å². The lowest BCUT2D eigenvalue weighted by Gasteiger charge is -2.24. The van der Waals surface area contributed by atoms with Crippen molar-refractivity contribution in [3.8, 4) is 5.75 Å². The number of ether oxygens (including phenoxy) is 1. The van der Waals surface area contributed by atoms with Gasteiger partial charge in [-0.1, -0.05) is 18.5 Å². The Kier molecular flexibility index (Phi) is 5.84. The van der Waals surface area contributed by atoms with Crippen LogP contribution in [-0.2, 0) is 4.79 Å². The van der Waals surface area contributed by atoms with Gasteiger partial charge in [0.15, 0.2) is 6.61 Å². The van der Waals surface area contributed by atoms with E-state index >= 15 is 0 Å². The molecule has 0 spiro atoms. The van der Waals surface area contributed by atoms with Crippen molar-refractivity contribution >= 4 is 17.5 Å². The van der Waals surface area contributed by atoms with Gasteiger partial charge in [0.25, 0.3) is 5.91 Å². The van der Waals surface area contributed by atoms with Crippen molar-refractivity contribution in [1.29, 1.82) is 0 Å². The first-order valence-electron chi connectivity index (χ1n) is 6.66. The van der Waals surface area contributed by atoms with Crippen LogP contribution >= 0.6 is 11.6 Å². The van der Waals surface area contributed by atoms with Gasteiger partial charge in [0.2, 0.25) is 0 Å². The normalized spacial score (nSPS) is 12.9. The van der Waals surface area contributed by atoms with Gasteiger partial charge in [-0.15, -0.1) is 0 Å². The largest absolute Gasteiger partial charge is 0.483 e. The van der Waals surface area contributed by atoms with Crippen molar-refractivity contribution in [2.45, 2.75) is 45.8 Å². The second-order valence-electron chi connectivity index (χ2n) is 5.43. The molecule has 0 aliphatic carbocycles. The molecule has 1 atom stereocenters. The van der Waals surface area contributed by atoms with Crippen LogP contribution in [0.5, 0.6) is 5.75 Å². The number of aliphatic hydroxyl groups is 1. The minimum absolute atomic E-state index is 0.0925. The van der Waals surface area contributed by atoms with Gasteiger partial charge in [0.1, 0.15) is 5.75 Å². The Balaban J connectivity index is 2.68. The molecular weight excluding hydrogens is 278 g/mol. The van der Waals surface area contributed by atoms with Crippen molar-refractivity contribution in [3.05, 3.63) is 28.8 Å². The summed E-state index contributed by atoms with van der Waals surface area (Å²) in [6.07, 6.45) is 0.123. The number of benzene rings is 1. The number of nitrogens with one attached hydrogen (secondary N) is 1.